The van der Waals surface area contributed by atoms with E-state index in [-0.39, 0.29) is 48.5 Å². The number of rotatable bonds is 4. The van der Waals surface area contributed by atoms with Gasteiger partial charge in [0, 0.05) is 5.38 Å². The molecule has 0 heterocycles. The van der Waals surface area contributed by atoms with Gasteiger partial charge < -0.3 is 1.43 Å². The van der Waals surface area contributed by atoms with Gasteiger partial charge in [-0.05, 0) is 13.3 Å². The van der Waals surface area contributed by atoms with E-state index in [1.807, 2.05) is 0 Å². The minimum Gasteiger partial charge on any atom is -1.00 e. The van der Waals surface area contributed by atoms with E-state index >= 15 is 0 Å². The molecule has 64 valence electrons. The Balaban J connectivity index is -0.000000405. The van der Waals surface area contributed by atoms with Crippen molar-refractivity contribution in [1.82, 2.24) is 0 Å². The van der Waals surface area contributed by atoms with Gasteiger partial charge in [-0.1, -0.05) is 0 Å². The molecular weight excluding hydrogens is 203 g/mol. The molecule has 0 saturated carbocycles. The van der Waals surface area contributed by atoms with Gasteiger partial charge in [0.05, 0.1) is 5.75 Å². The normalized spacial score (nSPS) is 13.7. The Bertz CT molecular complexity index is 183. The summed E-state index contributed by atoms with van der Waals surface area (Å²) in [6, 6.07) is 0. The van der Waals surface area contributed by atoms with Crippen LogP contribution in [-0.4, -0.2) is 24.8 Å². The van der Waals surface area contributed by atoms with E-state index in [0.29, 0.717) is 0 Å². The van der Waals surface area contributed by atoms with Crippen LogP contribution in [0.2, 0.25) is 0 Å². The van der Waals surface area contributed by atoms with Crippen molar-refractivity contribution in [1.29, 1.82) is 0 Å². The maximum absolute atomic E-state index is 10.4. The molecule has 0 aliphatic carbocycles. The zero-order chi connectivity index (χ0) is 8.20. The fourth-order valence-electron chi connectivity index (χ4n) is 0.344. The molecule has 0 radical (unpaired) electrons. The second-order valence-electron chi connectivity index (χ2n) is 1.91. The SMILES string of the molecule is CC(Cl)CCS(=O)(=O)OO.[H-].[Na+]. The van der Waals surface area contributed by atoms with Crippen molar-refractivity contribution in [2.45, 2.75) is 18.7 Å². The van der Waals surface area contributed by atoms with Crippen LogP contribution in [0.4, 0.5) is 0 Å². The summed E-state index contributed by atoms with van der Waals surface area (Å²) < 4.78 is 23.9. The van der Waals surface area contributed by atoms with Crippen LogP contribution in [-0.2, 0) is 14.5 Å². The second kappa shape index (κ2) is 6.65. The van der Waals surface area contributed by atoms with Gasteiger partial charge in [0.1, 0.15) is 0 Å². The first-order chi connectivity index (χ1) is 4.48. The smallest absolute Gasteiger partial charge is 1.00 e. The summed E-state index contributed by atoms with van der Waals surface area (Å²) >= 11 is 5.44. The van der Waals surface area contributed by atoms with Gasteiger partial charge in [-0.15, -0.1) is 15.9 Å². The third-order valence-corrected chi connectivity index (χ3v) is 2.06. The van der Waals surface area contributed by atoms with Crippen LogP contribution in [0.15, 0.2) is 0 Å². The van der Waals surface area contributed by atoms with Crippen LogP contribution in [0.1, 0.15) is 14.8 Å². The van der Waals surface area contributed by atoms with E-state index < -0.39 is 10.1 Å². The van der Waals surface area contributed by atoms with Crippen LogP contribution in [0, 0.1) is 0 Å². The maximum Gasteiger partial charge on any atom is 1.00 e. The molecule has 11 heavy (non-hydrogen) atoms. The number of hydrogen-bond donors (Lipinski definition) is 1. The van der Waals surface area contributed by atoms with Crippen molar-refractivity contribution >= 4 is 21.7 Å². The van der Waals surface area contributed by atoms with Crippen molar-refractivity contribution in [3.05, 3.63) is 0 Å². The van der Waals surface area contributed by atoms with Crippen LogP contribution in [0.25, 0.3) is 0 Å². The van der Waals surface area contributed by atoms with Crippen molar-refractivity contribution < 1.29 is 49.0 Å². The van der Waals surface area contributed by atoms with E-state index in [4.69, 9.17) is 16.9 Å². The first-order valence-corrected chi connectivity index (χ1v) is 4.69. The van der Waals surface area contributed by atoms with Gasteiger partial charge in [-0.2, -0.15) is 8.42 Å². The third-order valence-electron chi connectivity index (χ3n) is 0.879. The predicted octanol–water partition coefficient (Wildman–Crippen LogP) is -2.06. The van der Waals surface area contributed by atoms with E-state index in [1.54, 1.807) is 6.92 Å². The minimum atomic E-state index is -3.74. The number of hydrogen-bond acceptors (Lipinski definition) is 4. The Labute approximate surface area is 94.7 Å². The first-order valence-electron chi connectivity index (χ1n) is 2.68. The fourth-order valence-corrected chi connectivity index (χ4v) is 1.30. The topological polar surface area (TPSA) is 63.6 Å². The van der Waals surface area contributed by atoms with Gasteiger partial charge in [0.25, 0.3) is 10.1 Å². The van der Waals surface area contributed by atoms with E-state index in [0.717, 1.165) is 0 Å². The van der Waals surface area contributed by atoms with Crippen molar-refractivity contribution in [2.24, 2.45) is 0 Å². The Morgan fingerprint density at radius 3 is 2.45 bits per heavy atom. The quantitative estimate of drug-likeness (QED) is 0.252. The Kier molecular flexibility index (Phi) is 8.87. The zero-order valence-corrected chi connectivity index (χ0v) is 10.0. The second-order valence-corrected chi connectivity index (χ2v) is 4.32. The third kappa shape index (κ3) is 9.07. The van der Waals surface area contributed by atoms with Gasteiger partial charge >= 0.3 is 29.6 Å². The number of alkyl halides is 1. The molecule has 0 aromatic rings. The molecule has 0 aromatic carbocycles. The molecule has 0 fully saturated rings. The maximum atomic E-state index is 10.4. The molecule has 0 bridgehead atoms. The summed E-state index contributed by atoms with van der Waals surface area (Å²) in [7, 11) is -3.74. The molecule has 1 unspecified atom stereocenters. The first kappa shape index (κ1) is 14.7. The molecule has 0 rings (SSSR count). The predicted molar refractivity (Wildman–Crippen MR) is 38.5 cm³/mol. The molecule has 0 aliphatic heterocycles. The zero-order valence-electron chi connectivity index (χ0n) is 7.45. The van der Waals surface area contributed by atoms with Crippen molar-refractivity contribution in [3.63, 3.8) is 0 Å². The molecule has 1 N–H and O–H groups in total. The molecule has 0 aliphatic rings. The summed E-state index contributed by atoms with van der Waals surface area (Å²) in [4.78, 5) is 0. The minimum absolute atomic E-state index is 0. The molecule has 4 nitrogen and oxygen atoms in total. The van der Waals surface area contributed by atoms with E-state index in [1.165, 1.54) is 0 Å². The Hall–Kier alpha value is 1.16. The van der Waals surface area contributed by atoms with Gasteiger partial charge in [-0.3, -0.25) is 0 Å². The average molecular weight is 213 g/mol. The molecule has 1 atom stereocenters. The average Bonchev–Trinajstić information content (AvgIpc) is 1.85. The molecule has 0 saturated heterocycles. The van der Waals surface area contributed by atoms with Crippen LogP contribution in [0.5, 0.6) is 0 Å². The summed E-state index contributed by atoms with van der Waals surface area (Å²) in [6.45, 7) is 1.66. The van der Waals surface area contributed by atoms with E-state index in [2.05, 4.69) is 4.33 Å². The standard InChI is InChI=1S/C4H9ClO4S.Na.H/c1-4(5)2-3-10(7,8)9-6;;/h4,6H,2-3H2,1H3;;/q;+1;-1. The summed E-state index contributed by atoms with van der Waals surface area (Å²) in [6.07, 6.45) is 0.268. The van der Waals surface area contributed by atoms with Crippen LogP contribution in [0.3, 0.4) is 0 Å². The van der Waals surface area contributed by atoms with Crippen LogP contribution < -0.4 is 29.6 Å². The monoisotopic (exact) mass is 212 g/mol. The van der Waals surface area contributed by atoms with E-state index in [9.17, 15) is 8.42 Å². The van der Waals surface area contributed by atoms with Crippen molar-refractivity contribution in [3.8, 4) is 0 Å². The van der Waals surface area contributed by atoms with Gasteiger partial charge in [0.2, 0.25) is 0 Å². The molecule has 0 spiro atoms. The van der Waals surface area contributed by atoms with Crippen molar-refractivity contribution in [2.75, 3.05) is 5.75 Å². The fraction of sp³-hybridized carbons (Fsp3) is 1.00. The molecule has 0 amide bonds. The summed E-state index contributed by atoms with van der Waals surface area (Å²) in [5.74, 6) is -0.256. The van der Waals surface area contributed by atoms with Gasteiger partial charge in [-0.25, -0.2) is 5.26 Å². The molecular formula is C4H10ClNaO4S. The Morgan fingerprint density at radius 1 is 1.73 bits per heavy atom. The summed E-state index contributed by atoms with van der Waals surface area (Å²) in [5.41, 5.74) is 0. The largest absolute Gasteiger partial charge is 1.00 e. The van der Waals surface area contributed by atoms with Crippen LogP contribution >= 0.6 is 11.6 Å². The summed E-state index contributed by atoms with van der Waals surface area (Å²) in [5, 5.41) is 7.54. The van der Waals surface area contributed by atoms with Gasteiger partial charge in [0.15, 0.2) is 0 Å². The Morgan fingerprint density at radius 2 is 2.18 bits per heavy atom. The molecule has 7 heteroatoms. The molecule has 0 aromatic heterocycles. The number of halogens is 1.